The van der Waals surface area contributed by atoms with Crippen molar-refractivity contribution in [1.82, 2.24) is 9.78 Å². The van der Waals surface area contributed by atoms with E-state index < -0.39 is 10.2 Å². The van der Waals surface area contributed by atoms with E-state index in [2.05, 4.69) is 10.4 Å². The lowest BCUT2D eigenvalue weighted by molar-refractivity contribution is -0.117. The van der Waals surface area contributed by atoms with Gasteiger partial charge in [-0.25, -0.2) is 5.14 Å². The van der Waals surface area contributed by atoms with Crippen molar-refractivity contribution in [3.05, 3.63) is 41.7 Å². The standard InChI is InChI=1S/C16H19N5O3S/c1-20-9-11(8-18-20)13-7-14(13)16(22)19-12-3-2-10-4-5-21(15(10)6-12)25(17,23)24/h2-3,6,8-9,13-14H,4-5,7H2,1H3,(H,19,22)(H2,17,23,24)/t13-,14-/m0/s1. The molecule has 1 aliphatic carbocycles. The number of carbonyl (C=O) groups excluding carboxylic acids is 1. The second-order valence-corrected chi connectivity index (χ2v) is 8.07. The van der Waals surface area contributed by atoms with Crippen LogP contribution in [0.2, 0.25) is 0 Å². The fraction of sp³-hybridized carbons (Fsp3) is 0.375. The highest BCUT2D eigenvalue weighted by Crippen LogP contribution is 2.48. The topological polar surface area (TPSA) is 110 Å². The monoisotopic (exact) mass is 361 g/mol. The first-order chi connectivity index (χ1) is 11.8. The first-order valence-corrected chi connectivity index (χ1v) is 9.56. The summed E-state index contributed by atoms with van der Waals surface area (Å²) in [4.78, 5) is 12.4. The van der Waals surface area contributed by atoms with Crippen LogP contribution in [-0.4, -0.2) is 30.7 Å². The quantitative estimate of drug-likeness (QED) is 0.836. The molecule has 8 nitrogen and oxygen atoms in total. The second-order valence-electron chi connectivity index (χ2n) is 6.60. The molecule has 4 rings (SSSR count). The number of carbonyl (C=O) groups is 1. The summed E-state index contributed by atoms with van der Waals surface area (Å²) >= 11 is 0. The number of nitrogens with zero attached hydrogens (tertiary/aromatic N) is 3. The van der Waals surface area contributed by atoms with Gasteiger partial charge in [0.15, 0.2) is 0 Å². The third kappa shape index (κ3) is 3.00. The smallest absolute Gasteiger partial charge is 0.299 e. The number of aromatic nitrogens is 2. The number of fused-ring (bicyclic) bond motifs is 1. The van der Waals surface area contributed by atoms with Crippen molar-refractivity contribution in [3.8, 4) is 0 Å². The molecule has 3 N–H and O–H groups in total. The van der Waals surface area contributed by atoms with Crippen LogP contribution in [0, 0.1) is 5.92 Å². The summed E-state index contributed by atoms with van der Waals surface area (Å²) in [5.74, 6) is 0.0600. The van der Waals surface area contributed by atoms with Gasteiger partial charge in [-0.2, -0.15) is 13.5 Å². The van der Waals surface area contributed by atoms with Crippen LogP contribution in [0.5, 0.6) is 0 Å². The molecule has 1 saturated carbocycles. The molecular formula is C16H19N5O3S. The van der Waals surface area contributed by atoms with Crippen molar-refractivity contribution < 1.29 is 13.2 Å². The summed E-state index contributed by atoms with van der Waals surface area (Å²) in [6.07, 6.45) is 5.13. The first-order valence-electron chi connectivity index (χ1n) is 8.06. The fourth-order valence-electron chi connectivity index (χ4n) is 3.41. The van der Waals surface area contributed by atoms with Gasteiger partial charge >= 0.3 is 0 Å². The summed E-state index contributed by atoms with van der Waals surface area (Å²) in [7, 11) is -1.95. The minimum absolute atomic E-state index is 0.0612. The number of nitrogens with one attached hydrogen (secondary N) is 1. The van der Waals surface area contributed by atoms with Crippen LogP contribution in [0.4, 0.5) is 11.4 Å². The first kappa shape index (κ1) is 16.1. The molecule has 1 aromatic carbocycles. The maximum Gasteiger partial charge on any atom is 0.299 e. The molecule has 132 valence electrons. The molecule has 0 saturated heterocycles. The van der Waals surface area contributed by atoms with Gasteiger partial charge in [-0.1, -0.05) is 6.07 Å². The van der Waals surface area contributed by atoms with Crippen molar-refractivity contribution in [2.45, 2.75) is 18.8 Å². The minimum atomic E-state index is -3.80. The highest BCUT2D eigenvalue weighted by atomic mass is 32.2. The molecule has 2 aliphatic rings. The van der Waals surface area contributed by atoms with Gasteiger partial charge in [-0.15, -0.1) is 0 Å². The zero-order valence-corrected chi connectivity index (χ0v) is 14.5. The third-order valence-electron chi connectivity index (χ3n) is 4.79. The summed E-state index contributed by atoms with van der Waals surface area (Å²) in [6, 6.07) is 5.30. The van der Waals surface area contributed by atoms with E-state index in [1.807, 2.05) is 19.3 Å². The average Bonchev–Trinajstić information content (AvgIpc) is 3.03. The van der Waals surface area contributed by atoms with Crippen LogP contribution in [0.15, 0.2) is 30.6 Å². The van der Waals surface area contributed by atoms with Gasteiger partial charge in [0.1, 0.15) is 0 Å². The lowest BCUT2D eigenvalue weighted by Gasteiger charge is -2.16. The van der Waals surface area contributed by atoms with Gasteiger partial charge in [0, 0.05) is 31.4 Å². The summed E-state index contributed by atoms with van der Waals surface area (Å²) in [6.45, 7) is 0.331. The Bertz CT molecular complexity index is 952. The van der Waals surface area contributed by atoms with E-state index in [1.54, 1.807) is 23.0 Å². The van der Waals surface area contributed by atoms with Gasteiger partial charge in [0.2, 0.25) is 5.91 Å². The maximum absolute atomic E-state index is 12.4. The van der Waals surface area contributed by atoms with Gasteiger partial charge in [-0.3, -0.25) is 13.8 Å². The van der Waals surface area contributed by atoms with E-state index in [1.165, 1.54) is 4.31 Å². The van der Waals surface area contributed by atoms with E-state index in [0.29, 0.717) is 24.3 Å². The number of hydrogen-bond acceptors (Lipinski definition) is 4. The predicted octanol–water partition coefficient (Wildman–Crippen LogP) is 0.728. The highest BCUT2D eigenvalue weighted by molar-refractivity contribution is 7.90. The zero-order chi connectivity index (χ0) is 17.8. The Hall–Kier alpha value is -2.39. The van der Waals surface area contributed by atoms with Crippen LogP contribution in [0.25, 0.3) is 0 Å². The zero-order valence-electron chi connectivity index (χ0n) is 13.7. The van der Waals surface area contributed by atoms with Gasteiger partial charge in [0.25, 0.3) is 10.2 Å². The molecule has 0 spiro atoms. The number of benzene rings is 1. The molecule has 1 amide bonds. The van der Waals surface area contributed by atoms with E-state index in [4.69, 9.17) is 5.14 Å². The molecule has 25 heavy (non-hydrogen) atoms. The molecule has 2 atom stereocenters. The molecule has 9 heteroatoms. The highest BCUT2D eigenvalue weighted by Gasteiger charge is 2.44. The lowest BCUT2D eigenvalue weighted by Crippen LogP contribution is -2.35. The molecule has 1 aliphatic heterocycles. The lowest BCUT2D eigenvalue weighted by atomic mass is 10.1. The number of amides is 1. The Labute approximate surface area is 145 Å². The Morgan fingerprint density at radius 3 is 2.88 bits per heavy atom. The second kappa shape index (κ2) is 5.57. The van der Waals surface area contributed by atoms with E-state index in [9.17, 15) is 13.2 Å². The Morgan fingerprint density at radius 1 is 1.40 bits per heavy atom. The number of anilines is 2. The molecule has 1 aromatic heterocycles. The van der Waals surface area contributed by atoms with Crippen molar-refractivity contribution >= 4 is 27.5 Å². The van der Waals surface area contributed by atoms with Crippen LogP contribution < -0.4 is 14.8 Å². The molecule has 0 radical (unpaired) electrons. The van der Waals surface area contributed by atoms with Gasteiger partial charge in [0.05, 0.1) is 11.9 Å². The van der Waals surface area contributed by atoms with Crippen LogP contribution >= 0.6 is 0 Å². The largest absolute Gasteiger partial charge is 0.326 e. The SMILES string of the molecule is Cn1cc([C@@H]2C[C@@H]2C(=O)Nc2ccc3c(c2)N(S(N)(=O)=O)CC3)cn1. The van der Waals surface area contributed by atoms with Crippen molar-refractivity contribution in [2.24, 2.45) is 18.1 Å². The summed E-state index contributed by atoms with van der Waals surface area (Å²) in [5.41, 5.74) is 3.10. The third-order valence-corrected chi connectivity index (χ3v) is 5.79. The molecule has 2 heterocycles. The number of hydrogen-bond donors (Lipinski definition) is 2. The number of aryl methyl sites for hydroxylation is 1. The molecule has 0 unspecified atom stereocenters. The Balaban J connectivity index is 1.48. The molecule has 1 fully saturated rings. The van der Waals surface area contributed by atoms with Crippen LogP contribution in [0.3, 0.4) is 0 Å². The number of nitrogens with two attached hydrogens (primary N) is 1. The van der Waals surface area contributed by atoms with E-state index >= 15 is 0 Å². The minimum Gasteiger partial charge on any atom is -0.326 e. The van der Waals surface area contributed by atoms with Crippen LogP contribution in [0.1, 0.15) is 23.5 Å². The van der Waals surface area contributed by atoms with Crippen LogP contribution in [-0.2, 0) is 28.5 Å². The normalized spacial score (nSPS) is 21.9. The summed E-state index contributed by atoms with van der Waals surface area (Å²) < 4.78 is 26.2. The van der Waals surface area contributed by atoms with Gasteiger partial charge < -0.3 is 5.32 Å². The molecule has 0 bridgehead atoms. The van der Waals surface area contributed by atoms with Crippen molar-refractivity contribution in [1.29, 1.82) is 0 Å². The van der Waals surface area contributed by atoms with Gasteiger partial charge in [-0.05, 0) is 42.0 Å². The molecular weight excluding hydrogens is 342 g/mol. The fourth-order valence-corrected chi connectivity index (χ4v) is 4.20. The van der Waals surface area contributed by atoms with E-state index in [-0.39, 0.29) is 17.7 Å². The van der Waals surface area contributed by atoms with Crippen molar-refractivity contribution in [3.63, 3.8) is 0 Å². The Kier molecular flexibility index (Phi) is 3.58. The molecule has 2 aromatic rings. The maximum atomic E-state index is 12.4. The van der Waals surface area contributed by atoms with Crippen molar-refractivity contribution in [2.75, 3.05) is 16.2 Å². The van der Waals surface area contributed by atoms with E-state index in [0.717, 1.165) is 17.5 Å². The average molecular weight is 361 g/mol. The Morgan fingerprint density at radius 2 is 2.20 bits per heavy atom. The predicted molar refractivity (Wildman–Crippen MR) is 93.3 cm³/mol. The number of rotatable bonds is 4. The summed E-state index contributed by atoms with van der Waals surface area (Å²) in [5, 5.41) is 12.3.